The lowest BCUT2D eigenvalue weighted by Crippen LogP contribution is -2.18. The second kappa shape index (κ2) is 10.5. The monoisotopic (exact) mass is 507 g/mol. The van der Waals surface area contributed by atoms with Gasteiger partial charge in [-0.05, 0) is 31.2 Å². The summed E-state index contributed by atoms with van der Waals surface area (Å²) in [6, 6.07) is 23.2. The number of rotatable bonds is 8. The van der Waals surface area contributed by atoms with Crippen LogP contribution in [0.3, 0.4) is 0 Å². The van der Waals surface area contributed by atoms with E-state index in [-0.39, 0.29) is 32.8 Å². The molecule has 0 saturated carbocycles. The van der Waals surface area contributed by atoms with Crippen molar-refractivity contribution in [3.05, 3.63) is 95.4 Å². The molecule has 4 rings (SSSR count). The Bertz CT molecular complexity index is 1450. The summed E-state index contributed by atoms with van der Waals surface area (Å²) >= 11 is 0.985. The zero-order valence-electron chi connectivity index (χ0n) is 18.6. The molecule has 0 bridgehead atoms. The van der Waals surface area contributed by atoms with Gasteiger partial charge in [0.1, 0.15) is 4.88 Å². The van der Waals surface area contributed by atoms with Crippen LogP contribution in [0.2, 0.25) is 0 Å². The van der Waals surface area contributed by atoms with Gasteiger partial charge in [-0.2, -0.15) is 0 Å². The largest absolute Gasteiger partial charge is 0.462 e. The second-order valence-corrected chi connectivity index (χ2v) is 9.88. The van der Waals surface area contributed by atoms with Gasteiger partial charge in [0.2, 0.25) is 0 Å². The molecule has 1 heterocycles. The van der Waals surface area contributed by atoms with E-state index in [1.54, 1.807) is 49.4 Å². The van der Waals surface area contributed by atoms with Crippen molar-refractivity contribution in [3.63, 3.8) is 0 Å². The van der Waals surface area contributed by atoms with Crippen molar-refractivity contribution in [1.29, 1.82) is 0 Å². The van der Waals surface area contributed by atoms with Gasteiger partial charge in [0.25, 0.3) is 15.9 Å². The first-order valence-corrected chi connectivity index (χ1v) is 12.9. The van der Waals surface area contributed by atoms with E-state index in [1.165, 1.54) is 24.3 Å². The number of carbonyl (C=O) groups excluding carboxylic acids is 2. The lowest BCUT2D eigenvalue weighted by molar-refractivity contribution is 0.0532. The smallest absolute Gasteiger partial charge is 0.350 e. The molecule has 2 N–H and O–H groups in total. The molecule has 0 radical (unpaired) electrons. The molecule has 0 aliphatic rings. The number of para-hydroxylation sites is 1. The molecule has 0 fully saturated rings. The molecule has 0 atom stereocenters. The number of sulfonamides is 1. The number of nitrogens with one attached hydrogen (secondary N) is 2. The number of thiazole rings is 1. The summed E-state index contributed by atoms with van der Waals surface area (Å²) in [7, 11) is -3.90. The van der Waals surface area contributed by atoms with Crippen LogP contribution < -0.4 is 10.0 Å². The normalized spacial score (nSPS) is 11.0. The summed E-state index contributed by atoms with van der Waals surface area (Å²) in [5.74, 6) is -1.12. The summed E-state index contributed by atoms with van der Waals surface area (Å²) in [6.45, 7) is 1.90. The Kier molecular flexibility index (Phi) is 7.23. The van der Waals surface area contributed by atoms with E-state index in [0.29, 0.717) is 11.3 Å². The third-order valence-electron chi connectivity index (χ3n) is 4.83. The van der Waals surface area contributed by atoms with Gasteiger partial charge >= 0.3 is 5.97 Å². The van der Waals surface area contributed by atoms with Crippen LogP contribution in [0, 0.1) is 0 Å². The molecule has 0 aliphatic carbocycles. The number of aromatic nitrogens is 1. The molecule has 1 amide bonds. The number of esters is 1. The fourth-order valence-electron chi connectivity index (χ4n) is 3.24. The highest BCUT2D eigenvalue weighted by Crippen LogP contribution is 2.32. The maximum absolute atomic E-state index is 13.1. The van der Waals surface area contributed by atoms with Crippen LogP contribution in [0.4, 0.5) is 10.8 Å². The molecule has 35 heavy (non-hydrogen) atoms. The van der Waals surface area contributed by atoms with E-state index in [2.05, 4.69) is 15.0 Å². The SMILES string of the molecule is CCOC(=O)c1sc(NC(=O)c2ccccc2NS(=O)(=O)c2ccccc2)nc1-c1ccccc1. The van der Waals surface area contributed by atoms with E-state index in [4.69, 9.17) is 4.74 Å². The summed E-state index contributed by atoms with van der Waals surface area (Å²) < 4.78 is 33.2. The first-order chi connectivity index (χ1) is 16.9. The minimum Gasteiger partial charge on any atom is -0.462 e. The van der Waals surface area contributed by atoms with E-state index in [9.17, 15) is 18.0 Å². The molecule has 3 aromatic carbocycles. The Morgan fingerprint density at radius 1 is 0.914 bits per heavy atom. The quantitative estimate of drug-likeness (QED) is 0.323. The van der Waals surface area contributed by atoms with Crippen molar-refractivity contribution in [3.8, 4) is 11.3 Å². The Morgan fingerprint density at radius 2 is 1.54 bits per heavy atom. The maximum atomic E-state index is 13.1. The summed E-state index contributed by atoms with van der Waals surface area (Å²) in [5, 5.41) is 2.86. The highest BCUT2D eigenvalue weighted by Gasteiger charge is 2.23. The third-order valence-corrected chi connectivity index (χ3v) is 7.16. The number of carbonyl (C=O) groups is 2. The minimum absolute atomic E-state index is 0.0710. The van der Waals surface area contributed by atoms with Crippen LogP contribution in [0.5, 0.6) is 0 Å². The van der Waals surface area contributed by atoms with Gasteiger partial charge in [-0.3, -0.25) is 14.8 Å². The van der Waals surface area contributed by atoms with Crippen LogP contribution in [0.25, 0.3) is 11.3 Å². The number of anilines is 2. The molecule has 0 spiro atoms. The van der Waals surface area contributed by atoms with Gasteiger partial charge < -0.3 is 4.74 Å². The van der Waals surface area contributed by atoms with Crippen molar-refractivity contribution < 1.29 is 22.7 Å². The maximum Gasteiger partial charge on any atom is 0.350 e. The first-order valence-electron chi connectivity index (χ1n) is 10.6. The Labute approximate surface area is 206 Å². The van der Waals surface area contributed by atoms with Gasteiger partial charge in [0.15, 0.2) is 5.13 Å². The predicted octanol–water partition coefficient (Wildman–Crippen LogP) is 5.04. The van der Waals surface area contributed by atoms with Gasteiger partial charge in [-0.1, -0.05) is 72.0 Å². The number of ether oxygens (including phenoxy) is 1. The third kappa shape index (κ3) is 5.56. The standard InChI is InChI=1S/C25H21N3O5S2/c1-2-33-24(30)22-21(17-11-5-3-6-12-17)26-25(34-22)27-23(29)19-15-9-10-16-20(19)28-35(31,32)18-13-7-4-8-14-18/h3-16,28H,2H2,1H3,(H,26,27,29). The zero-order valence-corrected chi connectivity index (χ0v) is 20.2. The number of hydrogen-bond donors (Lipinski definition) is 2. The van der Waals surface area contributed by atoms with Crippen LogP contribution >= 0.6 is 11.3 Å². The van der Waals surface area contributed by atoms with Crippen molar-refractivity contribution in [1.82, 2.24) is 4.98 Å². The average molecular weight is 508 g/mol. The fourth-order valence-corrected chi connectivity index (χ4v) is 5.22. The lowest BCUT2D eigenvalue weighted by Gasteiger charge is -2.12. The van der Waals surface area contributed by atoms with E-state index < -0.39 is 21.9 Å². The number of hydrogen-bond acceptors (Lipinski definition) is 7. The number of amides is 1. The van der Waals surface area contributed by atoms with Crippen molar-refractivity contribution in [2.45, 2.75) is 11.8 Å². The zero-order chi connectivity index (χ0) is 24.8. The summed E-state index contributed by atoms with van der Waals surface area (Å²) in [5.41, 5.74) is 1.30. The first kappa shape index (κ1) is 24.1. The molecule has 0 aliphatic heterocycles. The molecular weight excluding hydrogens is 486 g/mol. The number of benzene rings is 3. The average Bonchev–Trinajstić information content (AvgIpc) is 3.29. The second-order valence-electron chi connectivity index (χ2n) is 7.20. The van der Waals surface area contributed by atoms with Crippen LogP contribution in [0.15, 0.2) is 89.8 Å². The Balaban J connectivity index is 1.63. The molecule has 178 valence electrons. The van der Waals surface area contributed by atoms with Crippen LogP contribution in [-0.4, -0.2) is 31.9 Å². The van der Waals surface area contributed by atoms with Crippen LogP contribution in [0.1, 0.15) is 27.0 Å². The van der Waals surface area contributed by atoms with Gasteiger partial charge in [-0.15, -0.1) is 0 Å². The molecule has 8 nitrogen and oxygen atoms in total. The molecule has 0 unspecified atom stereocenters. The molecule has 0 saturated heterocycles. The predicted molar refractivity (Wildman–Crippen MR) is 135 cm³/mol. The Hall–Kier alpha value is -4.02. The topological polar surface area (TPSA) is 114 Å². The molecule has 1 aromatic heterocycles. The van der Waals surface area contributed by atoms with Gasteiger partial charge in [0.05, 0.1) is 28.4 Å². The highest BCUT2D eigenvalue weighted by molar-refractivity contribution is 7.92. The molecule has 10 heteroatoms. The Morgan fingerprint density at radius 3 is 2.23 bits per heavy atom. The fraction of sp³-hybridized carbons (Fsp3) is 0.0800. The van der Waals surface area contributed by atoms with Crippen LogP contribution in [-0.2, 0) is 14.8 Å². The van der Waals surface area contributed by atoms with E-state index in [0.717, 1.165) is 11.3 Å². The highest BCUT2D eigenvalue weighted by atomic mass is 32.2. The molecular formula is C25H21N3O5S2. The van der Waals surface area contributed by atoms with Gasteiger partial charge in [0, 0.05) is 5.56 Å². The van der Waals surface area contributed by atoms with E-state index in [1.807, 2.05) is 18.2 Å². The minimum atomic E-state index is -3.90. The summed E-state index contributed by atoms with van der Waals surface area (Å²) in [6.07, 6.45) is 0. The van der Waals surface area contributed by atoms with Gasteiger partial charge in [-0.25, -0.2) is 18.2 Å². The van der Waals surface area contributed by atoms with Crippen molar-refractivity contribution >= 4 is 44.1 Å². The summed E-state index contributed by atoms with van der Waals surface area (Å²) in [4.78, 5) is 30.4. The van der Waals surface area contributed by atoms with Crippen molar-refractivity contribution in [2.75, 3.05) is 16.6 Å². The lowest BCUT2D eigenvalue weighted by atomic mass is 10.1. The van der Waals surface area contributed by atoms with E-state index >= 15 is 0 Å². The van der Waals surface area contributed by atoms with Crippen molar-refractivity contribution in [2.24, 2.45) is 0 Å². The number of nitrogens with zero attached hydrogens (tertiary/aromatic N) is 1. The molecule has 4 aromatic rings.